The van der Waals surface area contributed by atoms with E-state index in [2.05, 4.69) is 5.32 Å². The number of halogens is 2. The lowest BCUT2D eigenvalue weighted by molar-refractivity contribution is -0.139. The Morgan fingerprint density at radius 3 is 2.38 bits per heavy atom. The van der Waals surface area contributed by atoms with Crippen molar-refractivity contribution < 1.29 is 18.7 Å². The van der Waals surface area contributed by atoms with Crippen LogP contribution in [0.1, 0.15) is 24.4 Å². The number of carboxylic acids is 1. The molecule has 0 amide bonds. The Labute approximate surface area is 91.1 Å². The van der Waals surface area contributed by atoms with Crippen LogP contribution in [0.25, 0.3) is 0 Å². The fourth-order valence-electron chi connectivity index (χ4n) is 1.55. The summed E-state index contributed by atoms with van der Waals surface area (Å²) < 4.78 is 26.8. The van der Waals surface area contributed by atoms with E-state index in [1.165, 1.54) is 6.07 Å². The van der Waals surface area contributed by atoms with Gasteiger partial charge < -0.3 is 5.11 Å². The molecule has 0 aliphatic heterocycles. The third kappa shape index (κ3) is 2.19. The molecule has 0 heterocycles. The van der Waals surface area contributed by atoms with Gasteiger partial charge in [-0.25, -0.2) is 8.78 Å². The fraction of sp³-hybridized carbons (Fsp3) is 0.364. The number of aliphatic carboxylic acids is 1. The SMILES string of the molecule is O=C(O)[C@@H](NC1CC1)c1c(F)cccc1F. The van der Waals surface area contributed by atoms with Crippen molar-refractivity contribution in [3.05, 3.63) is 35.4 Å². The summed E-state index contributed by atoms with van der Waals surface area (Å²) in [6.07, 6.45) is 1.69. The van der Waals surface area contributed by atoms with Crippen LogP contribution in [0.3, 0.4) is 0 Å². The number of hydrogen-bond acceptors (Lipinski definition) is 2. The summed E-state index contributed by atoms with van der Waals surface area (Å²) in [5.74, 6) is -2.93. The minimum Gasteiger partial charge on any atom is -0.480 e. The summed E-state index contributed by atoms with van der Waals surface area (Å²) in [4.78, 5) is 11.0. The first kappa shape index (κ1) is 11.0. The van der Waals surface area contributed by atoms with Gasteiger partial charge in [-0.2, -0.15) is 0 Å². The molecule has 1 saturated carbocycles. The van der Waals surface area contributed by atoms with E-state index in [-0.39, 0.29) is 6.04 Å². The molecule has 1 aliphatic carbocycles. The molecule has 5 heteroatoms. The number of nitrogens with one attached hydrogen (secondary N) is 1. The molecule has 1 aromatic rings. The topological polar surface area (TPSA) is 49.3 Å². The largest absolute Gasteiger partial charge is 0.480 e. The van der Waals surface area contributed by atoms with Gasteiger partial charge in [0, 0.05) is 6.04 Å². The van der Waals surface area contributed by atoms with Crippen LogP contribution in [-0.4, -0.2) is 17.1 Å². The van der Waals surface area contributed by atoms with Crippen LogP contribution >= 0.6 is 0 Å². The van der Waals surface area contributed by atoms with Crippen LogP contribution in [-0.2, 0) is 4.79 Å². The fourth-order valence-corrected chi connectivity index (χ4v) is 1.55. The highest BCUT2D eigenvalue weighted by atomic mass is 19.1. The average Bonchev–Trinajstić information content (AvgIpc) is 2.99. The number of carboxylic acid groups (broad SMARTS) is 1. The summed E-state index contributed by atoms with van der Waals surface area (Å²) in [5.41, 5.74) is -0.415. The molecule has 1 fully saturated rings. The number of hydrogen-bond donors (Lipinski definition) is 2. The summed E-state index contributed by atoms with van der Waals surface area (Å²) in [6.45, 7) is 0. The Kier molecular flexibility index (Phi) is 2.87. The number of rotatable bonds is 4. The van der Waals surface area contributed by atoms with Crippen molar-refractivity contribution in [2.75, 3.05) is 0 Å². The molecule has 0 radical (unpaired) electrons. The molecule has 0 spiro atoms. The van der Waals surface area contributed by atoms with Crippen LogP contribution in [0, 0.1) is 11.6 Å². The van der Waals surface area contributed by atoms with Crippen LogP contribution in [0.4, 0.5) is 8.78 Å². The van der Waals surface area contributed by atoms with E-state index < -0.39 is 29.2 Å². The minimum absolute atomic E-state index is 0.0557. The van der Waals surface area contributed by atoms with Crippen molar-refractivity contribution in [2.24, 2.45) is 0 Å². The molecule has 0 saturated heterocycles. The van der Waals surface area contributed by atoms with E-state index in [4.69, 9.17) is 5.11 Å². The second-order valence-electron chi connectivity index (χ2n) is 3.85. The Hall–Kier alpha value is -1.49. The monoisotopic (exact) mass is 227 g/mol. The smallest absolute Gasteiger partial charge is 0.325 e. The molecular weight excluding hydrogens is 216 g/mol. The minimum atomic E-state index is -1.31. The van der Waals surface area contributed by atoms with Gasteiger partial charge >= 0.3 is 5.97 Å². The molecule has 3 nitrogen and oxygen atoms in total. The highest BCUT2D eigenvalue weighted by Gasteiger charge is 2.32. The normalized spacial score (nSPS) is 17.1. The Morgan fingerprint density at radius 2 is 1.94 bits per heavy atom. The standard InChI is InChI=1S/C11H11F2NO2/c12-7-2-1-3-8(13)9(7)10(11(15)16)14-6-4-5-6/h1-3,6,10,14H,4-5H2,(H,15,16)/t10-/m0/s1. The summed E-state index contributed by atoms with van der Waals surface area (Å²) in [6, 6.07) is 2.07. The maximum absolute atomic E-state index is 13.4. The van der Waals surface area contributed by atoms with Gasteiger partial charge in [-0.1, -0.05) is 6.07 Å². The van der Waals surface area contributed by atoms with Crippen molar-refractivity contribution in [3.63, 3.8) is 0 Å². The molecule has 86 valence electrons. The first-order chi connectivity index (χ1) is 7.59. The second-order valence-corrected chi connectivity index (χ2v) is 3.85. The second kappa shape index (κ2) is 4.17. The zero-order valence-electron chi connectivity index (χ0n) is 8.41. The third-order valence-corrected chi connectivity index (χ3v) is 2.52. The van der Waals surface area contributed by atoms with E-state index in [0.717, 1.165) is 25.0 Å². The molecule has 1 atom stereocenters. The lowest BCUT2D eigenvalue weighted by Gasteiger charge is -2.15. The predicted molar refractivity (Wildman–Crippen MR) is 52.9 cm³/mol. The van der Waals surface area contributed by atoms with Crippen LogP contribution < -0.4 is 5.32 Å². The molecule has 0 bridgehead atoms. The van der Waals surface area contributed by atoms with Gasteiger partial charge in [-0.05, 0) is 25.0 Å². The van der Waals surface area contributed by atoms with Crippen LogP contribution in [0.2, 0.25) is 0 Å². The van der Waals surface area contributed by atoms with Gasteiger partial charge in [0.15, 0.2) is 0 Å². The lowest BCUT2D eigenvalue weighted by Crippen LogP contribution is -2.31. The zero-order valence-corrected chi connectivity index (χ0v) is 8.41. The molecular formula is C11H11F2NO2. The quantitative estimate of drug-likeness (QED) is 0.825. The maximum atomic E-state index is 13.4. The van der Waals surface area contributed by atoms with Crippen molar-refractivity contribution in [2.45, 2.75) is 24.9 Å². The number of benzene rings is 1. The van der Waals surface area contributed by atoms with Gasteiger partial charge in [0.2, 0.25) is 0 Å². The molecule has 1 aliphatic rings. The van der Waals surface area contributed by atoms with E-state index in [0.29, 0.717) is 0 Å². The molecule has 0 unspecified atom stereocenters. The summed E-state index contributed by atoms with van der Waals surface area (Å²) in [7, 11) is 0. The Bertz CT molecular complexity index is 398. The summed E-state index contributed by atoms with van der Waals surface area (Å²) >= 11 is 0. The van der Waals surface area contributed by atoms with Crippen LogP contribution in [0.15, 0.2) is 18.2 Å². The van der Waals surface area contributed by atoms with E-state index in [9.17, 15) is 13.6 Å². The van der Waals surface area contributed by atoms with Gasteiger partial charge in [-0.15, -0.1) is 0 Å². The molecule has 1 aromatic carbocycles. The summed E-state index contributed by atoms with van der Waals surface area (Å²) in [5, 5.41) is 11.7. The van der Waals surface area contributed by atoms with Gasteiger partial charge in [0.05, 0.1) is 5.56 Å². The predicted octanol–water partition coefficient (Wildman–Crippen LogP) is 1.84. The van der Waals surface area contributed by atoms with Crippen molar-refractivity contribution in [3.8, 4) is 0 Å². The average molecular weight is 227 g/mol. The number of carbonyl (C=O) groups is 1. The third-order valence-electron chi connectivity index (χ3n) is 2.52. The molecule has 16 heavy (non-hydrogen) atoms. The Balaban J connectivity index is 2.33. The molecule has 2 N–H and O–H groups in total. The van der Waals surface area contributed by atoms with Crippen molar-refractivity contribution >= 4 is 5.97 Å². The van der Waals surface area contributed by atoms with E-state index in [1.807, 2.05) is 0 Å². The van der Waals surface area contributed by atoms with Gasteiger partial charge in [0.1, 0.15) is 17.7 Å². The van der Waals surface area contributed by atoms with Gasteiger partial charge in [-0.3, -0.25) is 10.1 Å². The van der Waals surface area contributed by atoms with E-state index >= 15 is 0 Å². The molecule has 2 rings (SSSR count). The van der Waals surface area contributed by atoms with Gasteiger partial charge in [0.25, 0.3) is 0 Å². The van der Waals surface area contributed by atoms with Crippen LogP contribution in [0.5, 0.6) is 0 Å². The van der Waals surface area contributed by atoms with Crippen molar-refractivity contribution in [1.82, 2.24) is 5.32 Å². The maximum Gasteiger partial charge on any atom is 0.325 e. The van der Waals surface area contributed by atoms with Crippen molar-refractivity contribution in [1.29, 1.82) is 0 Å². The lowest BCUT2D eigenvalue weighted by atomic mass is 10.1. The molecule has 0 aromatic heterocycles. The highest BCUT2D eigenvalue weighted by molar-refractivity contribution is 5.75. The highest BCUT2D eigenvalue weighted by Crippen LogP contribution is 2.27. The zero-order chi connectivity index (χ0) is 11.7. The first-order valence-corrected chi connectivity index (χ1v) is 5.02. The Morgan fingerprint density at radius 1 is 1.38 bits per heavy atom. The first-order valence-electron chi connectivity index (χ1n) is 5.02. The van der Waals surface area contributed by atoms with E-state index in [1.54, 1.807) is 0 Å².